The van der Waals surface area contributed by atoms with E-state index in [4.69, 9.17) is 21.1 Å². The van der Waals surface area contributed by atoms with Crippen molar-refractivity contribution >= 4 is 45.6 Å². The number of aromatic nitrogens is 3. The molecule has 5 rings (SSSR count). The number of fused-ring (bicyclic) bond motifs is 1. The standard InChI is InChI=1S/C23H16ClN3O2S2/c1-14-4-2-5-17(10-14)27-22(28)18-8-7-15(24)11-19(18)25-23(27)31-13-16-12-20(29-26-16)21-6-3-9-30-21/h2-12H,13H2,1H3. The summed E-state index contributed by atoms with van der Waals surface area (Å²) in [7, 11) is 0. The average molecular weight is 466 g/mol. The summed E-state index contributed by atoms with van der Waals surface area (Å²) in [6.07, 6.45) is 0. The molecule has 8 heteroatoms. The van der Waals surface area contributed by atoms with Crippen LogP contribution in [0.25, 0.3) is 27.2 Å². The Labute approximate surface area is 191 Å². The van der Waals surface area contributed by atoms with Crippen molar-refractivity contribution in [1.82, 2.24) is 14.7 Å². The lowest BCUT2D eigenvalue weighted by Gasteiger charge is -2.13. The predicted molar refractivity (Wildman–Crippen MR) is 126 cm³/mol. The Morgan fingerprint density at radius 1 is 1.13 bits per heavy atom. The lowest BCUT2D eigenvalue weighted by atomic mass is 10.2. The number of halogens is 1. The van der Waals surface area contributed by atoms with Gasteiger partial charge in [0.15, 0.2) is 10.9 Å². The lowest BCUT2D eigenvalue weighted by Crippen LogP contribution is -2.21. The molecular formula is C23H16ClN3O2S2. The summed E-state index contributed by atoms with van der Waals surface area (Å²) in [5.74, 6) is 1.25. The highest BCUT2D eigenvalue weighted by Crippen LogP contribution is 2.29. The van der Waals surface area contributed by atoms with E-state index in [0.717, 1.165) is 27.6 Å². The summed E-state index contributed by atoms with van der Waals surface area (Å²) in [6, 6.07) is 18.8. The van der Waals surface area contributed by atoms with Crippen LogP contribution >= 0.6 is 34.7 Å². The third-order valence-electron chi connectivity index (χ3n) is 4.73. The van der Waals surface area contributed by atoms with Crippen molar-refractivity contribution in [2.45, 2.75) is 17.8 Å². The first-order valence-corrected chi connectivity index (χ1v) is 11.7. The van der Waals surface area contributed by atoms with Crippen LogP contribution in [-0.4, -0.2) is 14.7 Å². The van der Waals surface area contributed by atoms with E-state index in [1.807, 2.05) is 54.8 Å². The highest BCUT2D eigenvalue weighted by molar-refractivity contribution is 7.98. The highest BCUT2D eigenvalue weighted by Gasteiger charge is 2.15. The van der Waals surface area contributed by atoms with Gasteiger partial charge in [0.2, 0.25) is 0 Å². The maximum absolute atomic E-state index is 13.4. The molecule has 2 aromatic carbocycles. The molecule has 0 bridgehead atoms. The van der Waals surface area contributed by atoms with Crippen molar-refractivity contribution in [3.8, 4) is 16.3 Å². The van der Waals surface area contributed by atoms with Gasteiger partial charge in [-0.1, -0.05) is 46.7 Å². The molecule has 0 saturated carbocycles. The Hall–Kier alpha value is -2.87. The minimum atomic E-state index is -0.130. The minimum absolute atomic E-state index is 0.130. The molecule has 0 amide bonds. The van der Waals surface area contributed by atoms with Crippen LogP contribution in [0.3, 0.4) is 0 Å². The van der Waals surface area contributed by atoms with E-state index in [-0.39, 0.29) is 5.56 Å². The second-order valence-electron chi connectivity index (χ2n) is 6.98. The molecule has 0 unspecified atom stereocenters. The van der Waals surface area contributed by atoms with Gasteiger partial charge in [0.05, 0.1) is 27.2 Å². The first-order chi connectivity index (χ1) is 15.1. The first kappa shape index (κ1) is 20.1. The van der Waals surface area contributed by atoms with E-state index in [9.17, 15) is 4.79 Å². The fourth-order valence-corrected chi connectivity index (χ4v) is 5.02. The normalized spacial score (nSPS) is 11.3. The van der Waals surface area contributed by atoms with Crippen molar-refractivity contribution in [3.63, 3.8) is 0 Å². The topological polar surface area (TPSA) is 60.9 Å². The van der Waals surface area contributed by atoms with Gasteiger partial charge in [-0.25, -0.2) is 4.98 Å². The minimum Gasteiger partial charge on any atom is -0.355 e. The summed E-state index contributed by atoms with van der Waals surface area (Å²) in [4.78, 5) is 19.2. The molecule has 0 saturated heterocycles. The molecule has 0 atom stereocenters. The fraction of sp³-hybridized carbons (Fsp3) is 0.0870. The zero-order valence-electron chi connectivity index (χ0n) is 16.4. The Morgan fingerprint density at radius 2 is 2.03 bits per heavy atom. The quantitative estimate of drug-likeness (QED) is 0.223. The van der Waals surface area contributed by atoms with Gasteiger partial charge in [-0.05, 0) is 54.3 Å². The largest absolute Gasteiger partial charge is 0.355 e. The van der Waals surface area contributed by atoms with E-state index in [0.29, 0.717) is 26.8 Å². The zero-order chi connectivity index (χ0) is 21.4. The molecule has 0 radical (unpaired) electrons. The van der Waals surface area contributed by atoms with Crippen molar-refractivity contribution in [1.29, 1.82) is 0 Å². The Bertz CT molecular complexity index is 1440. The van der Waals surface area contributed by atoms with Crippen LogP contribution in [0.4, 0.5) is 0 Å². The van der Waals surface area contributed by atoms with Crippen molar-refractivity contribution in [2.75, 3.05) is 0 Å². The molecular weight excluding hydrogens is 450 g/mol. The number of thiophene rings is 1. The first-order valence-electron chi connectivity index (χ1n) is 9.50. The van der Waals surface area contributed by atoms with Crippen LogP contribution in [0.1, 0.15) is 11.3 Å². The van der Waals surface area contributed by atoms with Crippen LogP contribution in [0, 0.1) is 6.92 Å². The number of aryl methyl sites for hydroxylation is 1. The average Bonchev–Trinajstić information content (AvgIpc) is 3.44. The molecule has 0 aliphatic carbocycles. The molecule has 154 valence electrons. The summed E-state index contributed by atoms with van der Waals surface area (Å²) in [5, 5.41) is 7.82. The van der Waals surface area contributed by atoms with Crippen LogP contribution in [0.5, 0.6) is 0 Å². The third kappa shape index (κ3) is 4.04. The summed E-state index contributed by atoms with van der Waals surface area (Å²) >= 11 is 9.18. The van der Waals surface area contributed by atoms with Crippen molar-refractivity contribution < 1.29 is 4.52 Å². The maximum Gasteiger partial charge on any atom is 0.266 e. The SMILES string of the molecule is Cc1cccc(-n2c(SCc3cc(-c4cccs4)on3)nc3cc(Cl)ccc3c2=O)c1. The van der Waals surface area contributed by atoms with Gasteiger partial charge in [-0.2, -0.15) is 0 Å². The second-order valence-corrected chi connectivity index (χ2v) is 9.31. The van der Waals surface area contributed by atoms with Gasteiger partial charge in [0.25, 0.3) is 5.56 Å². The summed E-state index contributed by atoms with van der Waals surface area (Å²) in [5.41, 5.74) is 3.06. The number of nitrogens with zero attached hydrogens (tertiary/aromatic N) is 3. The van der Waals surface area contributed by atoms with Crippen molar-refractivity contribution in [2.24, 2.45) is 0 Å². The van der Waals surface area contributed by atoms with Crippen LogP contribution in [0.15, 0.2) is 80.5 Å². The van der Waals surface area contributed by atoms with E-state index >= 15 is 0 Å². The Kier molecular flexibility index (Phi) is 5.40. The second kappa shape index (κ2) is 8.34. The molecule has 3 aromatic heterocycles. The van der Waals surface area contributed by atoms with E-state index in [1.54, 1.807) is 34.1 Å². The molecule has 31 heavy (non-hydrogen) atoms. The molecule has 5 aromatic rings. The Morgan fingerprint density at radius 3 is 2.84 bits per heavy atom. The molecule has 0 fully saturated rings. The smallest absolute Gasteiger partial charge is 0.266 e. The van der Waals surface area contributed by atoms with E-state index < -0.39 is 0 Å². The molecule has 5 nitrogen and oxygen atoms in total. The van der Waals surface area contributed by atoms with Crippen molar-refractivity contribution in [3.05, 3.63) is 92.7 Å². The molecule has 0 aliphatic rings. The van der Waals surface area contributed by atoms with Crippen LogP contribution in [-0.2, 0) is 5.75 Å². The monoisotopic (exact) mass is 465 g/mol. The number of benzene rings is 2. The number of thioether (sulfide) groups is 1. The number of hydrogen-bond donors (Lipinski definition) is 0. The van der Waals surface area contributed by atoms with Gasteiger partial charge >= 0.3 is 0 Å². The molecule has 0 aliphatic heterocycles. The van der Waals surface area contributed by atoms with Gasteiger partial charge in [-0.15, -0.1) is 11.3 Å². The van der Waals surface area contributed by atoms with Gasteiger partial charge in [0, 0.05) is 16.8 Å². The fourth-order valence-electron chi connectivity index (χ4n) is 3.28. The summed E-state index contributed by atoms with van der Waals surface area (Å²) in [6.45, 7) is 2.00. The Balaban J connectivity index is 1.56. The van der Waals surface area contributed by atoms with E-state index in [2.05, 4.69) is 5.16 Å². The lowest BCUT2D eigenvalue weighted by molar-refractivity contribution is 0.427. The van der Waals surface area contributed by atoms with Gasteiger partial charge < -0.3 is 4.52 Å². The molecule has 0 N–H and O–H groups in total. The molecule has 0 spiro atoms. The summed E-state index contributed by atoms with van der Waals surface area (Å²) < 4.78 is 7.13. The van der Waals surface area contributed by atoms with E-state index in [1.165, 1.54) is 11.8 Å². The van der Waals surface area contributed by atoms with Crippen LogP contribution < -0.4 is 5.56 Å². The number of hydrogen-bond acceptors (Lipinski definition) is 6. The van der Waals surface area contributed by atoms with Gasteiger partial charge in [-0.3, -0.25) is 9.36 Å². The maximum atomic E-state index is 13.4. The third-order valence-corrected chi connectivity index (χ3v) is 6.82. The molecule has 3 heterocycles. The van der Waals surface area contributed by atoms with Crippen LogP contribution in [0.2, 0.25) is 5.02 Å². The highest BCUT2D eigenvalue weighted by atomic mass is 35.5. The number of rotatable bonds is 5. The van der Waals surface area contributed by atoms with Gasteiger partial charge in [0.1, 0.15) is 0 Å². The zero-order valence-corrected chi connectivity index (χ0v) is 18.8. The predicted octanol–water partition coefficient (Wildman–Crippen LogP) is 6.36.